The van der Waals surface area contributed by atoms with E-state index in [2.05, 4.69) is 22.8 Å². The zero-order chi connectivity index (χ0) is 12.8. The quantitative estimate of drug-likeness (QED) is 0.758. The highest BCUT2D eigenvalue weighted by atomic mass is 16.5. The molecule has 2 rings (SSSR count). The van der Waals surface area contributed by atoms with Gasteiger partial charge >= 0.3 is 0 Å². The Morgan fingerprint density at radius 1 is 1.28 bits per heavy atom. The summed E-state index contributed by atoms with van der Waals surface area (Å²) in [6.45, 7) is 8.33. The van der Waals surface area contributed by atoms with Crippen molar-refractivity contribution in [3.05, 3.63) is 0 Å². The first-order chi connectivity index (χ1) is 8.83. The minimum absolute atomic E-state index is 0.109. The Bertz CT molecular complexity index is 275. The van der Waals surface area contributed by atoms with Crippen molar-refractivity contribution >= 4 is 0 Å². The second kappa shape index (κ2) is 7.08. The monoisotopic (exact) mass is 251 g/mol. The molecule has 4 heteroatoms. The maximum Gasteiger partial charge on any atom is 0.0976 e. The SMILES string of the molecule is CCC(C#N)N1CCN(CC2CCCCO2)CC1. The van der Waals surface area contributed by atoms with Gasteiger partial charge in [0.2, 0.25) is 0 Å². The van der Waals surface area contributed by atoms with Crippen LogP contribution in [0.5, 0.6) is 0 Å². The molecule has 2 heterocycles. The van der Waals surface area contributed by atoms with Gasteiger partial charge in [0, 0.05) is 39.3 Å². The lowest BCUT2D eigenvalue weighted by Gasteiger charge is -2.38. The number of hydrogen-bond donors (Lipinski definition) is 0. The van der Waals surface area contributed by atoms with E-state index in [1.165, 1.54) is 19.3 Å². The number of nitrogens with zero attached hydrogens (tertiary/aromatic N) is 3. The van der Waals surface area contributed by atoms with Gasteiger partial charge in [0.1, 0.15) is 0 Å². The standard InChI is InChI=1S/C14H25N3O/c1-2-13(11-15)17-8-6-16(7-9-17)12-14-5-3-4-10-18-14/h13-14H,2-10,12H2,1H3. The summed E-state index contributed by atoms with van der Waals surface area (Å²) in [5.41, 5.74) is 0. The molecule has 0 aliphatic carbocycles. The van der Waals surface area contributed by atoms with Crippen molar-refractivity contribution < 1.29 is 4.74 Å². The zero-order valence-corrected chi connectivity index (χ0v) is 11.5. The van der Waals surface area contributed by atoms with E-state index < -0.39 is 0 Å². The summed E-state index contributed by atoms with van der Waals surface area (Å²) in [6, 6.07) is 2.51. The molecular weight excluding hydrogens is 226 g/mol. The summed E-state index contributed by atoms with van der Waals surface area (Å²) in [7, 11) is 0. The van der Waals surface area contributed by atoms with Gasteiger partial charge in [-0.25, -0.2) is 0 Å². The molecule has 2 aliphatic heterocycles. The Balaban J connectivity index is 1.71. The molecule has 0 N–H and O–H groups in total. The second-order valence-electron chi connectivity index (χ2n) is 5.38. The molecule has 2 saturated heterocycles. The summed E-state index contributed by atoms with van der Waals surface area (Å²) in [5.74, 6) is 0. The number of nitriles is 1. The predicted octanol–water partition coefficient (Wildman–Crippen LogP) is 1.48. The predicted molar refractivity (Wildman–Crippen MR) is 71.3 cm³/mol. The highest BCUT2D eigenvalue weighted by Gasteiger charge is 2.24. The summed E-state index contributed by atoms with van der Waals surface area (Å²) in [4.78, 5) is 4.81. The maximum absolute atomic E-state index is 9.08. The normalized spacial score (nSPS) is 28.8. The van der Waals surface area contributed by atoms with Crippen molar-refractivity contribution in [3.8, 4) is 6.07 Å². The fourth-order valence-electron chi connectivity index (χ4n) is 2.93. The first-order valence-electron chi connectivity index (χ1n) is 7.31. The molecule has 102 valence electrons. The minimum atomic E-state index is 0.109. The van der Waals surface area contributed by atoms with Gasteiger partial charge < -0.3 is 4.74 Å². The van der Waals surface area contributed by atoms with Crippen LogP contribution in [0.4, 0.5) is 0 Å². The van der Waals surface area contributed by atoms with Gasteiger partial charge in [-0.2, -0.15) is 5.26 Å². The number of hydrogen-bond acceptors (Lipinski definition) is 4. The van der Waals surface area contributed by atoms with E-state index in [0.717, 1.165) is 45.8 Å². The molecule has 2 unspecified atom stereocenters. The van der Waals surface area contributed by atoms with Gasteiger partial charge in [0.25, 0.3) is 0 Å². The summed E-state index contributed by atoms with van der Waals surface area (Å²) in [5, 5.41) is 9.08. The van der Waals surface area contributed by atoms with Crippen LogP contribution in [0.15, 0.2) is 0 Å². The average molecular weight is 251 g/mol. The number of piperazine rings is 1. The molecule has 0 amide bonds. The van der Waals surface area contributed by atoms with Crippen LogP contribution in [-0.2, 0) is 4.74 Å². The smallest absolute Gasteiger partial charge is 0.0976 e. The first-order valence-corrected chi connectivity index (χ1v) is 7.31. The van der Waals surface area contributed by atoms with Gasteiger partial charge in [0.15, 0.2) is 0 Å². The lowest BCUT2D eigenvalue weighted by Crippen LogP contribution is -2.51. The van der Waals surface area contributed by atoms with E-state index in [-0.39, 0.29) is 6.04 Å². The molecule has 0 bridgehead atoms. The van der Waals surface area contributed by atoms with Gasteiger partial charge in [-0.15, -0.1) is 0 Å². The second-order valence-corrected chi connectivity index (χ2v) is 5.38. The molecule has 0 aromatic rings. The Morgan fingerprint density at radius 2 is 2.06 bits per heavy atom. The first kappa shape index (κ1) is 13.8. The highest BCUT2D eigenvalue weighted by molar-refractivity contribution is 4.92. The Labute approximate surface area is 110 Å². The third-order valence-electron chi connectivity index (χ3n) is 4.12. The van der Waals surface area contributed by atoms with Crippen LogP contribution in [-0.4, -0.2) is 61.3 Å². The maximum atomic E-state index is 9.08. The molecule has 18 heavy (non-hydrogen) atoms. The van der Waals surface area contributed by atoms with Crippen LogP contribution in [0.1, 0.15) is 32.6 Å². The van der Waals surface area contributed by atoms with Crippen LogP contribution >= 0.6 is 0 Å². The van der Waals surface area contributed by atoms with E-state index in [0.29, 0.717) is 6.10 Å². The summed E-state index contributed by atoms with van der Waals surface area (Å²) in [6.07, 6.45) is 5.14. The largest absolute Gasteiger partial charge is 0.377 e. The fraction of sp³-hybridized carbons (Fsp3) is 0.929. The van der Waals surface area contributed by atoms with Gasteiger partial charge in [-0.1, -0.05) is 6.92 Å². The molecule has 2 fully saturated rings. The van der Waals surface area contributed by atoms with Gasteiger partial charge in [0.05, 0.1) is 18.2 Å². The lowest BCUT2D eigenvalue weighted by atomic mass is 10.1. The van der Waals surface area contributed by atoms with E-state index in [1.807, 2.05) is 0 Å². The van der Waals surface area contributed by atoms with Crippen molar-refractivity contribution in [2.45, 2.75) is 44.8 Å². The third-order valence-corrected chi connectivity index (χ3v) is 4.12. The molecule has 4 nitrogen and oxygen atoms in total. The molecule has 0 spiro atoms. The minimum Gasteiger partial charge on any atom is -0.377 e. The van der Waals surface area contributed by atoms with Crippen LogP contribution in [0, 0.1) is 11.3 Å². The summed E-state index contributed by atoms with van der Waals surface area (Å²) < 4.78 is 5.79. The van der Waals surface area contributed by atoms with Crippen LogP contribution in [0.2, 0.25) is 0 Å². The Morgan fingerprint density at radius 3 is 2.61 bits per heavy atom. The van der Waals surface area contributed by atoms with Crippen LogP contribution < -0.4 is 0 Å². The third kappa shape index (κ3) is 3.68. The molecule has 0 aromatic heterocycles. The molecule has 2 atom stereocenters. The molecular formula is C14H25N3O. The van der Waals surface area contributed by atoms with Crippen LogP contribution in [0.25, 0.3) is 0 Å². The number of rotatable bonds is 4. The molecule has 0 radical (unpaired) electrons. The molecule has 0 saturated carbocycles. The van der Waals surface area contributed by atoms with Crippen molar-refractivity contribution in [1.29, 1.82) is 5.26 Å². The highest BCUT2D eigenvalue weighted by Crippen LogP contribution is 2.15. The van der Waals surface area contributed by atoms with Gasteiger partial charge in [-0.3, -0.25) is 9.80 Å². The van der Waals surface area contributed by atoms with Gasteiger partial charge in [-0.05, 0) is 25.7 Å². The van der Waals surface area contributed by atoms with E-state index in [4.69, 9.17) is 10.00 Å². The topological polar surface area (TPSA) is 39.5 Å². The van der Waals surface area contributed by atoms with Crippen molar-refractivity contribution in [1.82, 2.24) is 9.80 Å². The Hall–Kier alpha value is -0.630. The molecule has 2 aliphatic rings. The van der Waals surface area contributed by atoms with Crippen LogP contribution in [0.3, 0.4) is 0 Å². The van der Waals surface area contributed by atoms with E-state index in [9.17, 15) is 0 Å². The average Bonchev–Trinajstić information content (AvgIpc) is 2.43. The van der Waals surface area contributed by atoms with Crippen molar-refractivity contribution in [2.75, 3.05) is 39.3 Å². The van der Waals surface area contributed by atoms with Crippen molar-refractivity contribution in [2.24, 2.45) is 0 Å². The molecule has 0 aromatic carbocycles. The van der Waals surface area contributed by atoms with Crippen molar-refractivity contribution in [3.63, 3.8) is 0 Å². The van der Waals surface area contributed by atoms with E-state index >= 15 is 0 Å². The summed E-state index contributed by atoms with van der Waals surface area (Å²) >= 11 is 0. The fourth-order valence-corrected chi connectivity index (χ4v) is 2.93. The number of ether oxygens (including phenoxy) is 1. The van der Waals surface area contributed by atoms with E-state index in [1.54, 1.807) is 0 Å². The lowest BCUT2D eigenvalue weighted by molar-refractivity contribution is -0.0155. The Kier molecular flexibility index (Phi) is 5.43. The zero-order valence-electron chi connectivity index (χ0n) is 11.5.